The molecule has 0 atom stereocenters. The normalized spacial score (nSPS) is 10.7. The summed E-state index contributed by atoms with van der Waals surface area (Å²) in [5.41, 5.74) is 1.27. The van der Waals surface area contributed by atoms with Gasteiger partial charge in [-0.15, -0.1) is 0 Å². The van der Waals surface area contributed by atoms with Crippen molar-refractivity contribution in [2.75, 3.05) is 7.11 Å². The lowest BCUT2D eigenvalue weighted by molar-refractivity contribution is -0.116. The third-order valence-corrected chi connectivity index (χ3v) is 3.85. The van der Waals surface area contributed by atoms with E-state index in [9.17, 15) is 9.59 Å². The first-order valence-electron chi connectivity index (χ1n) is 6.89. The number of furan rings is 1. The molecule has 0 saturated carbocycles. The Kier molecular flexibility index (Phi) is 5.76. The molecule has 1 aromatic heterocycles. The Morgan fingerprint density at radius 3 is 2.78 bits per heavy atom. The Labute approximate surface area is 142 Å². The summed E-state index contributed by atoms with van der Waals surface area (Å²) in [5, 5.41) is 2.70. The number of carbonyl (C=O) groups is 2. The van der Waals surface area contributed by atoms with Gasteiger partial charge in [-0.2, -0.15) is 0 Å². The van der Waals surface area contributed by atoms with Crippen LogP contribution in [0.3, 0.4) is 0 Å². The Balaban J connectivity index is 1.95. The molecule has 0 radical (unpaired) electrons. The maximum atomic E-state index is 11.8. The molecule has 0 saturated heterocycles. The van der Waals surface area contributed by atoms with Gasteiger partial charge in [-0.05, 0) is 30.7 Å². The van der Waals surface area contributed by atoms with Crippen LogP contribution in [0.5, 0.6) is 0 Å². The molecule has 0 fully saturated rings. The van der Waals surface area contributed by atoms with E-state index in [0.717, 1.165) is 10.0 Å². The molecule has 6 heteroatoms. The summed E-state index contributed by atoms with van der Waals surface area (Å²) in [6, 6.07) is 9.16. The summed E-state index contributed by atoms with van der Waals surface area (Å²) < 4.78 is 11.0. The number of methoxy groups -OCH3 is 1. The van der Waals surface area contributed by atoms with Gasteiger partial charge in [-0.3, -0.25) is 4.79 Å². The molecule has 120 valence electrons. The second-order valence-electron chi connectivity index (χ2n) is 4.75. The second kappa shape index (κ2) is 7.78. The molecule has 0 unspecified atom stereocenters. The van der Waals surface area contributed by atoms with Crippen LogP contribution in [0.4, 0.5) is 0 Å². The molecular formula is C17H16BrNO4. The molecule has 1 amide bonds. The van der Waals surface area contributed by atoms with Crippen molar-refractivity contribution in [2.45, 2.75) is 13.5 Å². The van der Waals surface area contributed by atoms with E-state index in [1.807, 2.05) is 24.3 Å². The summed E-state index contributed by atoms with van der Waals surface area (Å²) in [7, 11) is 1.31. The number of nitrogens with one attached hydrogen (secondary N) is 1. The van der Waals surface area contributed by atoms with Crippen molar-refractivity contribution >= 4 is 33.9 Å². The third kappa shape index (κ3) is 4.56. The van der Waals surface area contributed by atoms with E-state index >= 15 is 0 Å². The average Bonchev–Trinajstić information content (AvgIpc) is 2.92. The quantitative estimate of drug-likeness (QED) is 0.639. The van der Waals surface area contributed by atoms with Crippen LogP contribution in [0.2, 0.25) is 0 Å². The maximum absolute atomic E-state index is 11.8. The predicted molar refractivity (Wildman–Crippen MR) is 89.8 cm³/mol. The fourth-order valence-corrected chi connectivity index (χ4v) is 2.37. The molecule has 0 aliphatic rings. The van der Waals surface area contributed by atoms with Crippen LogP contribution in [0.25, 0.3) is 6.08 Å². The molecule has 1 heterocycles. The monoisotopic (exact) mass is 377 g/mol. The summed E-state index contributed by atoms with van der Waals surface area (Å²) in [4.78, 5) is 23.3. The summed E-state index contributed by atoms with van der Waals surface area (Å²) in [6.45, 7) is 1.86. The number of halogens is 1. The minimum absolute atomic E-state index is 0.191. The van der Waals surface area contributed by atoms with Gasteiger partial charge in [0, 0.05) is 10.5 Å². The molecule has 5 nitrogen and oxygen atoms in total. The number of benzene rings is 1. The highest BCUT2D eigenvalue weighted by Gasteiger charge is 2.15. The van der Waals surface area contributed by atoms with Crippen molar-refractivity contribution in [1.82, 2.24) is 5.32 Å². The molecule has 0 spiro atoms. The van der Waals surface area contributed by atoms with Crippen molar-refractivity contribution in [3.8, 4) is 0 Å². The second-order valence-corrected chi connectivity index (χ2v) is 5.60. The van der Waals surface area contributed by atoms with E-state index in [0.29, 0.717) is 17.1 Å². The van der Waals surface area contributed by atoms with E-state index in [4.69, 9.17) is 4.42 Å². The van der Waals surface area contributed by atoms with Gasteiger partial charge < -0.3 is 14.5 Å². The third-order valence-electron chi connectivity index (χ3n) is 3.13. The van der Waals surface area contributed by atoms with Gasteiger partial charge >= 0.3 is 5.97 Å². The molecule has 1 aromatic carbocycles. The summed E-state index contributed by atoms with van der Waals surface area (Å²) >= 11 is 3.41. The smallest absolute Gasteiger partial charge is 0.341 e. The molecule has 0 aliphatic carbocycles. The topological polar surface area (TPSA) is 68.5 Å². The number of hydrogen-bond donors (Lipinski definition) is 1. The Morgan fingerprint density at radius 1 is 1.35 bits per heavy atom. The van der Waals surface area contributed by atoms with Crippen LogP contribution in [0.1, 0.15) is 27.4 Å². The highest BCUT2D eigenvalue weighted by Crippen LogP contribution is 2.17. The van der Waals surface area contributed by atoms with E-state index < -0.39 is 5.97 Å². The SMILES string of the molecule is COC(=O)c1cc(CNC(=O)/C=C/c2ccccc2Br)oc1C. The minimum Gasteiger partial charge on any atom is -0.465 e. The maximum Gasteiger partial charge on any atom is 0.341 e. The van der Waals surface area contributed by atoms with Crippen LogP contribution in [0, 0.1) is 6.92 Å². The lowest BCUT2D eigenvalue weighted by Crippen LogP contribution is -2.19. The molecule has 2 aromatic rings. The number of aryl methyl sites for hydroxylation is 1. The largest absolute Gasteiger partial charge is 0.465 e. The first-order chi connectivity index (χ1) is 11.0. The van der Waals surface area contributed by atoms with Gasteiger partial charge in [0.1, 0.15) is 17.1 Å². The number of hydrogen-bond acceptors (Lipinski definition) is 4. The average molecular weight is 378 g/mol. The molecule has 0 bridgehead atoms. The zero-order chi connectivity index (χ0) is 16.8. The number of esters is 1. The van der Waals surface area contributed by atoms with Crippen molar-refractivity contribution < 1.29 is 18.7 Å². The number of amides is 1. The van der Waals surface area contributed by atoms with Crippen LogP contribution in [0.15, 0.2) is 45.3 Å². The van der Waals surface area contributed by atoms with E-state index in [2.05, 4.69) is 26.0 Å². The minimum atomic E-state index is -0.461. The van der Waals surface area contributed by atoms with Gasteiger partial charge in [-0.25, -0.2) is 4.79 Å². The lowest BCUT2D eigenvalue weighted by atomic mass is 10.2. The number of ether oxygens (including phenoxy) is 1. The van der Waals surface area contributed by atoms with Crippen LogP contribution >= 0.6 is 15.9 Å². The fourth-order valence-electron chi connectivity index (χ4n) is 1.95. The van der Waals surface area contributed by atoms with Gasteiger partial charge in [0.2, 0.25) is 5.91 Å². The molecule has 0 aliphatic heterocycles. The van der Waals surface area contributed by atoms with Crippen LogP contribution in [-0.4, -0.2) is 19.0 Å². The van der Waals surface area contributed by atoms with Gasteiger partial charge in [0.05, 0.1) is 13.7 Å². The highest BCUT2D eigenvalue weighted by molar-refractivity contribution is 9.10. The Morgan fingerprint density at radius 2 is 2.09 bits per heavy atom. The van der Waals surface area contributed by atoms with E-state index in [1.54, 1.807) is 19.1 Å². The number of rotatable bonds is 5. The number of carbonyl (C=O) groups excluding carboxylic acids is 2. The fraction of sp³-hybridized carbons (Fsp3) is 0.176. The van der Waals surface area contributed by atoms with Gasteiger partial charge in [-0.1, -0.05) is 34.1 Å². The van der Waals surface area contributed by atoms with Crippen molar-refractivity contribution in [3.05, 3.63) is 63.5 Å². The van der Waals surface area contributed by atoms with Crippen LogP contribution < -0.4 is 5.32 Å². The lowest BCUT2D eigenvalue weighted by Gasteiger charge is -1.99. The summed E-state index contributed by atoms with van der Waals surface area (Å²) in [5.74, 6) is 0.238. The zero-order valence-electron chi connectivity index (χ0n) is 12.8. The molecular weight excluding hydrogens is 362 g/mol. The highest BCUT2D eigenvalue weighted by atomic mass is 79.9. The molecule has 2 rings (SSSR count). The van der Waals surface area contributed by atoms with Gasteiger partial charge in [0.15, 0.2) is 0 Å². The molecule has 23 heavy (non-hydrogen) atoms. The Bertz CT molecular complexity index is 749. The van der Waals surface area contributed by atoms with E-state index in [1.165, 1.54) is 13.2 Å². The first-order valence-corrected chi connectivity index (χ1v) is 7.68. The van der Waals surface area contributed by atoms with Gasteiger partial charge in [0.25, 0.3) is 0 Å². The van der Waals surface area contributed by atoms with Crippen molar-refractivity contribution in [1.29, 1.82) is 0 Å². The van der Waals surface area contributed by atoms with Crippen LogP contribution in [-0.2, 0) is 16.1 Å². The summed E-state index contributed by atoms with van der Waals surface area (Å²) in [6.07, 6.45) is 3.16. The molecule has 1 N–H and O–H groups in total. The predicted octanol–water partition coefficient (Wildman–Crippen LogP) is 3.47. The van der Waals surface area contributed by atoms with Crippen molar-refractivity contribution in [3.63, 3.8) is 0 Å². The zero-order valence-corrected chi connectivity index (χ0v) is 14.3. The van der Waals surface area contributed by atoms with Crippen molar-refractivity contribution in [2.24, 2.45) is 0 Å². The Hall–Kier alpha value is -2.34. The standard InChI is InChI=1S/C17H16BrNO4/c1-11-14(17(21)22-2)9-13(23-11)10-19-16(20)8-7-12-5-3-4-6-15(12)18/h3-9H,10H2,1-2H3,(H,19,20)/b8-7+. The van der Waals surface area contributed by atoms with E-state index in [-0.39, 0.29) is 12.5 Å². The first kappa shape index (κ1) is 17.0.